The van der Waals surface area contributed by atoms with Gasteiger partial charge in [0.2, 0.25) is 0 Å². The molecule has 19 heavy (non-hydrogen) atoms. The van der Waals surface area contributed by atoms with Crippen LogP contribution in [0, 0.1) is 5.92 Å². The van der Waals surface area contributed by atoms with Gasteiger partial charge in [-0.3, -0.25) is 0 Å². The lowest BCUT2D eigenvalue weighted by Crippen LogP contribution is -2.21. The van der Waals surface area contributed by atoms with Crippen molar-refractivity contribution in [1.29, 1.82) is 0 Å². The van der Waals surface area contributed by atoms with Gasteiger partial charge in [-0.05, 0) is 5.92 Å². The molecule has 0 unspecified atom stereocenters. The van der Waals surface area contributed by atoms with Crippen LogP contribution in [0.4, 0.5) is 0 Å². The number of hydrogen-bond acceptors (Lipinski definition) is 5. The fourth-order valence-electron chi connectivity index (χ4n) is 1.43. The van der Waals surface area contributed by atoms with Gasteiger partial charge >= 0.3 is 0 Å². The largest absolute Gasteiger partial charge is 0.379 e. The monoisotopic (exact) mass is 270 g/mol. The van der Waals surface area contributed by atoms with Crippen molar-refractivity contribution in [3.05, 3.63) is 17.5 Å². The summed E-state index contributed by atoms with van der Waals surface area (Å²) < 4.78 is 16.1. The summed E-state index contributed by atoms with van der Waals surface area (Å²) in [7, 11) is 0. The SMILES string of the molecule is CC(C)COCCOCc1cc(CNC(C)C)no1. The molecule has 1 heterocycles. The lowest BCUT2D eigenvalue weighted by atomic mass is 10.2. The summed E-state index contributed by atoms with van der Waals surface area (Å²) >= 11 is 0. The quantitative estimate of drug-likeness (QED) is 0.661. The molecule has 0 aliphatic rings. The van der Waals surface area contributed by atoms with Gasteiger partial charge in [-0.2, -0.15) is 0 Å². The van der Waals surface area contributed by atoms with Crippen LogP contribution >= 0.6 is 0 Å². The van der Waals surface area contributed by atoms with Crippen molar-refractivity contribution >= 4 is 0 Å². The molecule has 110 valence electrons. The Hall–Kier alpha value is -0.910. The first-order chi connectivity index (χ1) is 9.08. The minimum atomic E-state index is 0.439. The van der Waals surface area contributed by atoms with Crippen LogP contribution in [0.2, 0.25) is 0 Å². The van der Waals surface area contributed by atoms with Crippen molar-refractivity contribution in [3.8, 4) is 0 Å². The Balaban J connectivity index is 2.09. The predicted molar refractivity (Wildman–Crippen MR) is 73.8 cm³/mol. The van der Waals surface area contributed by atoms with E-state index in [9.17, 15) is 0 Å². The molecule has 0 fully saturated rings. The molecule has 0 saturated heterocycles. The minimum Gasteiger partial charge on any atom is -0.379 e. The molecule has 1 aromatic heterocycles. The Morgan fingerprint density at radius 3 is 2.63 bits per heavy atom. The van der Waals surface area contributed by atoms with E-state index < -0.39 is 0 Å². The maximum atomic E-state index is 5.46. The summed E-state index contributed by atoms with van der Waals surface area (Å²) in [6.07, 6.45) is 0. The molecular weight excluding hydrogens is 244 g/mol. The summed E-state index contributed by atoms with van der Waals surface area (Å²) in [6.45, 7) is 11.6. The van der Waals surface area contributed by atoms with Gasteiger partial charge in [0.05, 0.1) is 18.9 Å². The molecule has 0 atom stereocenters. The van der Waals surface area contributed by atoms with Gasteiger partial charge in [0.1, 0.15) is 6.61 Å². The van der Waals surface area contributed by atoms with Crippen LogP contribution in [-0.4, -0.2) is 31.0 Å². The smallest absolute Gasteiger partial charge is 0.162 e. The zero-order valence-corrected chi connectivity index (χ0v) is 12.4. The Bertz CT molecular complexity index is 337. The van der Waals surface area contributed by atoms with Gasteiger partial charge in [0, 0.05) is 25.3 Å². The zero-order chi connectivity index (χ0) is 14.1. The molecule has 0 aromatic carbocycles. The maximum absolute atomic E-state index is 5.46. The molecule has 1 aromatic rings. The zero-order valence-electron chi connectivity index (χ0n) is 12.4. The fraction of sp³-hybridized carbons (Fsp3) is 0.786. The average Bonchev–Trinajstić information content (AvgIpc) is 2.78. The standard InChI is InChI=1S/C14H26N2O3/c1-11(2)9-17-5-6-18-10-14-7-13(16-19-14)8-15-12(3)4/h7,11-12,15H,5-6,8-10H2,1-4H3. The van der Waals surface area contributed by atoms with Gasteiger partial charge < -0.3 is 19.3 Å². The topological polar surface area (TPSA) is 56.5 Å². The molecule has 0 bridgehead atoms. The molecule has 0 radical (unpaired) electrons. The summed E-state index contributed by atoms with van der Waals surface area (Å²) in [6, 6.07) is 2.36. The van der Waals surface area contributed by atoms with Crippen LogP contribution in [0.1, 0.15) is 39.1 Å². The molecule has 0 spiro atoms. The van der Waals surface area contributed by atoms with E-state index in [1.165, 1.54) is 0 Å². The second-order valence-corrected chi connectivity index (χ2v) is 5.34. The van der Waals surface area contributed by atoms with Crippen LogP contribution in [0.25, 0.3) is 0 Å². The predicted octanol–water partition coefficient (Wildman–Crippen LogP) is 2.36. The van der Waals surface area contributed by atoms with E-state index in [1.807, 2.05) is 6.07 Å². The number of nitrogens with zero attached hydrogens (tertiary/aromatic N) is 1. The molecule has 0 aliphatic heterocycles. The van der Waals surface area contributed by atoms with Crippen molar-refractivity contribution in [3.63, 3.8) is 0 Å². The Morgan fingerprint density at radius 1 is 1.21 bits per heavy atom. The first kappa shape index (κ1) is 16.1. The van der Waals surface area contributed by atoms with E-state index in [4.69, 9.17) is 14.0 Å². The third-order valence-electron chi connectivity index (χ3n) is 2.37. The highest BCUT2D eigenvalue weighted by molar-refractivity contribution is 5.04. The average molecular weight is 270 g/mol. The van der Waals surface area contributed by atoms with Crippen LogP contribution in [0.15, 0.2) is 10.6 Å². The van der Waals surface area contributed by atoms with E-state index in [0.717, 1.165) is 24.6 Å². The lowest BCUT2D eigenvalue weighted by Gasteiger charge is -2.06. The van der Waals surface area contributed by atoms with E-state index in [-0.39, 0.29) is 0 Å². The molecule has 0 amide bonds. The first-order valence-electron chi connectivity index (χ1n) is 6.91. The number of ether oxygens (including phenoxy) is 2. The molecule has 1 N–H and O–H groups in total. The molecule has 5 nitrogen and oxygen atoms in total. The lowest BCUT2D eigenvalue weighted by molar-refractivity contribution is 0.0250. The Morgan fingerprint density at radius 2 is 1.95 bits per heavy atom. The van der Waals surface area contributed by atoms with E-state index in [0.29, 0.717) is 31.8 Å². The Labute approximate surface area is 115 Å². The number of rotatable bonds is 10. The molecule has 0 saturated carbocycles. The first-order valence-corrected chi connectivity index (χ1v) is 6.91. The highest BCUT2D eigenvalue weighted by atomic mass is 16.5. The van der Waals surface area contributed by atoms with Gasteiger partial charge in [0.25, 0.3) is 0 Å². The normalized spacial score (nSPS) is 11.7. The summed E-state index contributed by atoms with van der Waals surface area (Å²) in [5.41, 5.74) is 0.906. The second-order valence-electron chi connectivity index (χ2n) is 5.34. The molecule has 0 aliphatic carbocycles. The third-order valence-corrected chi connectivity index (χ3v) is 2.37. The van der Waals surface area contributed by atoms with Crippen molar-refractivity contribution in [2.24, 2.45) is 5.92 Å². The number of nitrogens with one attached hydrogen (secondary N) is 1. The fourth-order valence-corrected chi connectivity index (χ4v) is 1.43. The van der Waals surface area contributed by atoms with Gasteiger partial charge in [-0.25, -0.2) is 0 Å². The van der Waals surface area contributed by atoms with Gasteiger partial charge in [0.15, 0.2) is 5.76 Å². The van der Waals surface area contributed by atoms with Gasteiger partial charge in [-0.1, -0.05) is 32.9 Å². The third kappa shape index (κ3) is 7.97. The van der Waals surface area contributed by atoms with E-state index in [2.05, 4.69) is 38.2 Å². The van der Waals surface area contributed by atoms with E-state index >= 15 is 0 Å². The Kier molecular flexibility index (Phi) is 7.70. The van der Waals surface area contributed by atoms with Crippen molar-refractivity contribution in [1.82, 2.24) is 10.5 Å². The van der Waals surface area contributed by atoms with Crippen LogP contribution in [0.5, 0.6) is 0 Å². The number of aromatic nitrogens is 1. The molecular formula is C14H26N2O3. The second kappa shape index (κ2) is 9.07. The molecule has 1 rings (SSSR count). The molecule has 5 heteroatoms. The minimum absolute atomic E-state index is 0.439. The highest BCUT2D eigenvalue weighted by Crippen LogP contribution is 2.05. The number of hydrogen-bond donors (Lipinski definition) is 1. The summed E-state index contributed by atoms with van der Waals surface area (Å²) in [5, 5.41) is 7.26. The van der Waals surface area contributed by atoms with Crippen LogP contribution in [0.3, 0.4) is 0 Å². The van der Waals surface area contributed by atoms with E-state index in [1.54, 1.807) is 0 Å². The van der Waals surface area contributed by atoms with Gasteiger partial charge in [-0.15, -0.1) is 0 Å². The van der Waals surface area contributed by atoms with Crippen molar-refractivity contribution in [2.45, 2.75) is 46.9 Å². The maximum Gasteiger partial charge on any atom is 0.162 e. The van der Waals surface area contributed by atoms with Crippen LogP contribution in [-0.2, 0) is 22.6 Å². The van der Waals surface area contributed by atoms with Crippen molar-refractivity contribution in [2.75, 3.05) is 19.8 Å². The van der Waals surface area contributed by atoms with Crippen molar-refractivity contribution < 1.29 is 14.0 Å². The van der Waals surface area contributed by atoms with Crippen LogP contribution < -0.4 is 5.32 Å². The summed E-state index contributed by atoms with van der Waals surface area (Å²) in [5.74, 6) is 1.31. The summed E-state index contributed by atoms with van der Waals surface area (Å²) in [4.78, 5) is 0. The highest BCUT2D eigenvalue weighted by Gasteiger charge is 2.04.